The van der Waals surface area contributed by atoms with Gasteiger partial charge in [0.15, 0.2) is 0 Å². The lowest BCUT2D eigenvalue weighted by Crippen LogP contribution is -2.37. The van der Waals surface area contributed by atoms with Crippen molar-refractivity contribution in [3.63, 3.8) is 0 Å². The molecule has 84 heavy (non-hydrogen) atoms. The number of anilines is 5. The smallest absolute Gasteiger partial charge is 0.0541 e. The lowest BCUT2D eigenvalue weighted by molar-refractivity contribution is 0.469. The van der Waals surface area contributed by atoms with Crippen LogP contribution in [-0.2, 0) is 0 Å². The third kappa shape index (κ3) is 31.7. The highest BCUT2D eigenvalue weighted by atomic mass is 15.2. The molecule has 1 aromatic heterocycles. The molecule has 10 rings (SSSR count). The fourth-order valence-electron chi connectivity index (χ4n) is 7.57. The zero-order chi connectivity index (χ0) is 64.0. The molecule has 0 N–H and O–H groups in total. The molecule has 0 saturated heterocycles. The minimum atomic E-state index is 0.0582. The van der Waals surface area contributed by atoms with Crippen molar-refractivity contribution in [3.05, 3.63) is 266 Å². The van der Waals surface area contributed by atoms with Crippen molar-refractivity contribution >= 4 is 50.2 Å². The van der Waals surface area contributed by atoms with Crippen molar-refractivity contribution < 1.29 is 0 Å². The van der Waals surface area contributed by atoms with Gasteiger partial charge in [-0.2, -0.15) is 0 Å². The normalized spacial score (nSPS) is 9.67. The van der Waals surface area contributed by atoms with Gasteiger partial charge in [-0.3, -0.25) is 0 Å². The first-order chi connectivity index (χ1) is 40.4. The van der Waals surface area contributed by atoms with Crippen LogP contribution in [0.4, 0.5) is 28.4 Å². The molecule has 10 aromatic rings. The van der Waals surface area contributed by atoms with Crippen LogP contribution in [0.3, 0.4) is 0 Å². The summed E-state index contributed by atoms with van der Waals surface area (Å²) < 4.78 is 2.32. The summed E-state index contributed by atoms with van der Waals surface area (Å²) in [4.78, 5) is 4.60. The number of hydrogen-bond donors (Lipinski definition) is 0. The Morgan fingerprint density at radius 2 is 0.452 bits per heavy atom. The number of hydrogen-bond acceptors (Lipinski definition) is 2. The molecule has 0 radical (unpaired) electrons. The van der Waals surface area contributed by atoms with E-state index in [4.69, 9.17) is 0 Å². The van der Waals surface area contributed by atoms with Crippen molar-refractivity contribution in [2.45, 2.75) is 172 Å². The molecular formula is C81H115N3. The van der Waals surface area contributed by atoms with Crippen molar-refractivity contribution in [1.29, 1.82) is 0 Å². The van der Waals surface area contributed by atoms with Crippen LogP contribution in [0.25, 0.3) is 27.5 Å². The van der Waals surface area contributed by atoms with E-state index in [1.807, 2.05) is 119 Å². The average Bonchev–Trinajstić information content (AvgIpc) is 4.13. The molecule has 0 atom stereocenters. The van der Waals surface area contributed by atoms with Gasteiger partial charge in [-0.25, -0.2) is 0 Å². The van der Waals surface area contributed by atoms with Crippen LogP contribution < -0.4 is 9.80 Å². The summed E-state index contributed by atoms with van der Waals surface area (Å²) in [6, 6.07) is 90.2. The maximum absolute atomic E-state index is 2.35. The number of rotatable bonds is 6. The van der Waals surface area contributed by atoms with Gasteiger partial charge < -0.3 is 14.4 Å². The van der Waals surface area contributed by atoms with Gasteiger partial charge in [0, 0.05) is 50.4 Å². The number of fused-ring (bicyclic) bond motifs is 3. The zero-order valence-corrected chi connectivity index (χ0v) is 57.2. The Bertz CT molecular complexity index is 2790. The van der Waals surface area contributed by atoms with Crippen LogP contribution in [0.1, 0.15) is 165 Å². The molecule has 0 amide bonds. The summed E-state index contributed by atoms with van der Waals surface area (Å²) in [5, 5.41) is 2.61. The van der Waals surface area contributed by atoms with Crippen LogP contribution in [0.15, 0.2) is 261 Å². The molecule has 3 nitrogen and oxygen atoms in total. The van der Waals surface area contributed by atoms with E-state index in [-0.39, 0.29) is 5.54 Å². The monoisotopic (exact) mass is 1130 g/mol. The highest BCUT2D eigenvalue weighted by Gasteiger charge is 2.23. The van der Waals surface area contributed by atoms with E-state index in [1.165, 1.54) is 61.5 Å². The van der Waals surface area contributed by atoms with Crippen molar-refractivity contribution in [2.75, 3.05) is 9.80 Å². The summed E-state index contributed by atoms with van der Waals surface area (Å²) in [6.07, 6.45) is 0. The van der Waals surface area contributed by atoms with E-state index in [0.717, 1.165) is 0 Å². The Kier molecular flexibility index (Phi) is 42.8. The summed E-state index contributed by atoms with van der Waals surface area (Å²) in [7, 11) is 0. The van der Waals surface area contributed by atoms with Gasteiger partial charge in [0.2, 0.25) is 0 Å². The summed E-state index contributed by atoms with van der Waals surface area (Å²) in [5.41, 5.74) is 12.1. The SMILES string of the molecule is CC.CC.CC.CC.CC.CC.CC(C)(C)C.CC(C)(C)C.CC(C)(C)N(c1ccccc1)c1ccccc1.Cc1ccccc1.c1ccc(-n2c3ccccc3c3ccccc32)cc1.c1ccc(N(c2ccccc2)c2ccccc2)cc1. The molecule has 454 valence electrons. The summed E-state index contributed by atoms with van der Waals surface area (Å²) in [6.45, 7) is 50.3. The molecule has 0 unspecified atom stereocenters. The molecule has 0 spiro atoms. The van der Waals surface area contributed by atoms with E-state index in [2.05, 4.69) is 322 Å². The zero-order valence-electron chi connectivity index (χ0n) is 57.2. The van der Waals surface area contributed by atoms with Crippen molar-refractivity contribution in [2.24, 2.45) is 10.8 Å². The minimum Gasteiger partial charge on any atom is -0.336 e. The minimum absolute atomic E-state index is 0.0582. The topological polar surface area (TPSA) is 11.4 Å². The Hall–Kier alpha value is -7.62. The highest BCUT2D eigenvalue weighted by Crippen LogP contribution is 2.35. The van der Waals surface area contributed by atoms with E-state index >= 15 is 0 Å². The molecule has 0 fully saturated rings. The first-order valence-electron chi connectivity index (χ1n) is 31.3. The lowest BCUT2D eigenvalue weighted by atomic mass is 10.0. The maximum atomic E-state index is 2.35. The van der Waals surface area contributed by atoms with Crippen molar-refractivity contribution in [1.82, 2.24) is 4.57 Å². The summed E-state index contributed by atoms with van der Waals surface area (Å²) >= 11 is 0. The number of aromatic nitrogens is 1. The second-order valence-electron chi connectivity index (χ2n) is 21.9. The van der Waals surface area contributed by atoms with Crippen LogP contribution in [-0.4, -0.2) is 10.1 Å². The van der Waals surface area contributed by atoms with Gasteiger partial charge in [-0.05, 0) is 123 Å². The van der Waals surface area contributed by atoms with E-state index in [9.17, 15) is 0 Å². The number of para-hydroxylation sites is 8. The first-order valence-corrected chi connectivity index (χ1v) is 31.3. The summed E-state index contributed by atoms with van der Waals surface area (Å²) in [5.74, 6) is 0. The fourth-order valence-corrected chi connectivity index (χ4v) is 7.57. The van der Waals surface area contributed by atoms with Gasteiger partial charge >= 0.3 is 0 Å². The lowest BCUT2D eigenvalue weighted by Gasteiger charge is -2.37. The quantitative estimate of drug-likeness (QED) is 0.164. The Labute approximate surface area is 516 Å². The second-order valence-corrected chi connectivity index (χ2v) is 21.9. The van der Waals surface area contributed by atoms with E-state index in [0.29, 0.717) is 10.8 Å². The molecule has 3 heteroatoms. The molecule has 1 heterocycles. The number of nitrogens with zero attached hydrogens (tertiary/aromatic N) is 3. The third-order valence-corrected chi connectivity index (χ3v) is 10.3. The number of aryl methyl sites for hydroxylation is 1. The van der Waals surface area contributed by atoms with Gasteiger partial charge in [0.25, 0.3) is 0 Å². The Morgan fingerprint density at radius 1 is 0.250 bits per heavy atom. The second kappa shape index (κ2) is 45.8. The van der Waals surface area contributed by atoms with Crippen LogP contribution in [0.2, 0.25) is 0 Å². The molecule has 0 aliphatic heterocycles. The largest absolute Gasteiger partial charge is 0.336 e. The average molecular weight is 1130 g/mol. The standard InChI is InChI=1S/C18H13N.C18H15N.C16H19N.C7H8.2C5H12.6C2H6/c1-2-8-14(9-3-1)19-17-12-6-4-10-15(17)16-11-5-7-13-18(16)19;1-4-10-16(11-5-1)19(17-12-6-2-7-13-17)18-14-8-3-9-15-18;1-16(2,3)17(14-10-6-4-7-11-14)15-12-8-5-9-13-15;1-7-5-3-2-4-6-7;2*1-5(2,3)4;6*1-2/h1-13H;1-15H;4-13H,1-3H3;2-6H,1H3;2*1-4H3;6*1-2H3. The molecule has 9 aromatic carbocycles. The van der Waals surface area contributed by atoms with Crippen LogP contribution in [0, 0.1) is 17.8 Å². The van der Waals surface area contributed by atoms with Crippen molar-refractivity contribution in [3.8, 4) is 5.69 Å². The number of benzene rings is 9. The highest BCUT2D eigenvalue weighted by molar-refractivity contribution is 6.09. The predicted molar refractivity (Wildman–Crippen MR) is 386 cm³/mol. The van der Waals surface area contributed by atoms with Crippen LogP contribution in [0.5, 0.6) is 0 Å². The van der Waals surface area contributed by atoms with E-state index < -0.39 is 0 Å². The Balaban J connectivity index is 0. The first kappa shape index (κ1) is 78.4. The molecular weight excluding hydrogens is 1010 g/mol. The molecule has 0 bridgehead atoms. The fraction of sp³-hybridized carbons (Fsp3) is 0.333. The van der Waals surface area contributed by atoms with E-state index in [1.54, 1.807) is 0 Å². The van der Waals surface area contributed by atoms with Gasteiger partial charge in [-0.1, -0.05) is 320 Å². The Morgan fingerprint density at radius 3 is 0.679 bits per heavy atom. The molecule has 0 aliphatic carbocycles. The molecule has 0 aliphatic rings. The van der Waals surface area contributed by atoms with Gasteiger partial charge in [-0.15, -0.1) is 0 Å². The predicted octanol–water partition coefficient (Wildman–Crippen LogP) is 26.8. The van der Waals surface area contributed by atoms with Crippen LogP contribution >= 0.6 is 0 Å². The maximum Gasteiger partial charge on any atom is 0.0541 e. The third-order valence-electron chi connectivity index (χ3n) is 10.3. The van der Waals surface area contributed by atoms with Gasteiger partial charge in [0.05, 0.1) is 11.0 Å². The molecule has 0 saturated carbocycles. The van der Waals surface area contributed by atoms with Gasteiger partial charge in [0.1, 0.15) is 0 Å².